The van der Waals surface area contributed by atoms with Gasteiger partial charge in [0.2, 0.25) is 5.91 Å². The van der Waals surface area contributed by atoms with E-state index in [9.17, 15) is 4.79 Å². The Balaban J connectivity index is 1.61. The molecule has 1 fully saturated rings. The molecule has 8 heteroatoms. The van der Waals surface area contributed by atoms with Crippen molar-refractivity contribution in [2.24, 2.45) is 0 Å². The van der Waals surface area contributed by atoms with Gasteiger partial charge < -0.3 is 24.3 Å². The van der Waals surface area contributed by atoms with Gasteiger partial charge in [-0.25, -0.2) is 0 Å². The van der Waals surface area contributed by atoms with Crippen LogP contribution in [0.3, 0.4) is 0 Å². The molecule has 3 aromatic rings. The van der Waals surface area contributed by atoms with Crippen LogP contribution < -0.4 is 5.32 Å². The molecule has 4 rings (SSSR count). The van der Waals surface area contributed by atoms with Crippen LogP contribution >= 0.6 is 0 Å². The zero-order valence-electron chi connectivity index (χ0n) is 22.8. The SMILES string of the molecule is CON(C)[C@@H]1OC(COCc2ccccc2)[C@@H](OCc2ccccc2)C(OCc2ccccc2)C1NC(C)=O. The Morgan fingerprint density at radius 1 is 0.795 bits per heavy atom. The third-order valence-corrected chi connectivity index (χ3v) is 6.65. The second-order valence-electron chi connectivity index (χ2n) is 9.54. The van der Waals surface area contributed by atoms with Gasteiger partial charge in [-0.15, -0.1) is 0 Å². The standard InChI is InChI=1S/C31H38N2O6/c1-23(34)32-28-30(38-21-26-17-11-6-12-18-26)29(37-20-25-15-9-5-10-16-25)27(39-31(28)33(2)35-3)22-36-19-24-13-7-4-8-14-24/h4-18,27-31H,19-22H2,1-3H3,(H,32,34)/t27?,28?,29-,30?,31-/m1/s1. The molecule has 0 radical (unpaired) electrons. The van der Waals surface area contributed by atoms with Crippen molar-refractivity contribution in [2.75, 3.05) is 20.8 Å². The molecule has 0 bridgehead atoms. The molecule has 3 aromatic carbocycles. The number of amides is 1. The topological polar surface area (TPSA) is 78.5 Å². The summed E-state index contributed by atoms with van der Waals surface area (Å²) in [5, 5.41) is 4.61. The molecule has 3 unspecified atom stereocenters. The first-order valence-electron chi connectivity index (χ1n) is 13.2. The van der Waals surface area contributed by atoms with E-state index < -0.39 is 30.6 Å². The number of hydrogen-bond acceptors (Lipinski definition) is 7. The van der Waals surface area contributed by atoms with Gasteiger partial charge in [-0.3, -0.25) is 9.63 Å². The maximum atomic E-state index is 12.3. The van der Waals surface area contributed by atoms with E-state index in [1.807, 2.05) is 91.0 Å². The minimum absolute atomic E-state index is 0.202. The summed E-state index contributed by atoms with van der Waals surface area (Å²) >= 11 is 0. The summed E-state index contributed by atoms with van der Waals surface area (Å²) in [6.07, 6.45) is -2.23. The highest BCUT2D eigenvalue weighted by Gasteiger charge is 2.49. The van der Waals surface area contributed by atoms with E-state index in [4.69, 9.17) is 23.8 Å². The van der Waals surface area contributed by atoms with Crippen LogP contribution in [0, 0.1) is 0 Å². The van der Waals surface area contributed by atoms with Crippen molar-refractivity contribution in [3.05, 3.63) is 108 Å². The molecule has 8 nitrogen and oxygen atoms in total. The molecule has 5 atom stereocenters. The van der Waals surface area contributed by atoms with E-state index in [1.54, 1.807) is 19.2 Å². The van der Waals surface area contributed by atoms with Crippen LogP contribution in [0.2, 0.25) is 0 Å². The van der Waals surface area contributed by atoms with Crippen LogP contribution in [0.15, 0.2) is 91.0 Å². The fourth-order valence-corrected chi connectivity index (χ4v) is 4.66. The van der Waals surface area contributed by atoms with Crippen LogP contribution in [0.25, 0.3) is 0 Å². The molecule has 39 heavy (non-hydrogen) atoms. The van der Waals surface area contributed by atoms with E-state index >= 15 is 0 Å². The van der Waals surface area contributed by atoms with Gasteiger partial charge in [-0.2, -0.15) is 5.06 Å². The predicted octanol–water partition coefficient (Wildman–Crippen LogP) is 4.10. The average molecular weight is 535 g/mol. The lowest BCUT2D eigenvalue weighted by Gasteiger charge is -2.48. The fraction of sp³-hybridized carbons (Fsp3) is 0.387. The van der Waals surface area contributed by atoms with Crippen molar-refractivity contribution in [3.8, 4) is 0 Å². The van der Waals surface area contributed by atoms with E-state index in [0.29, 0.717) is 19.8 Å². The summed E-state index contributed by atoms with van der Waals surface area (Å²) in [4.78, 5) is 17.9. The molecule has 1 saturated heterocycles. The van der Waals surface area contributed by atoms with Crippen LogP contribution in [-0.2, 0) is 48.4 Å². The molecule has 1 amide bonds. The van der Waals surface area contributed by atoms with Crippen molar-refractivity contribution >= 4 is 5.91 Å². The van der Waals surface area contributed by atoms with Gasteiger partial charge in [-0.05, 0) is 16.7 Å². The van der Waals surface area contributed by atoms with Crippen LogP contribution in [0.5, 0.6) is 0 Å². The van der Waals surface area contributed by atoms with Gasteiger partial charge >= 0.3 is 0 Å². The van der Waals surface area contributed by atoms with Gasteiger partial charge in [-0.1, -0.05) is 91.0 Å². The number of likely N-dealkylation sites (N-methyl/N-ethyl adjacent to an activating group) is 1. The number of carbonyl (C=O) groups excluding carboxylic acids is 1. The largest absolute Gasteiger partial charge is 0.374 e. The average Bonchev–Trinajstić information content (AvgIpc) is 2.97. The third kappa shape index (κ3) is 8.44. The van der Waals surface area contributed by atoms with E-state index in [2.05, 4.69) is 5.32 Å². The molecule has 1 N–H and O–H groups in total. The number of benzene rings is 3. The highest BCUT2D eigenvalue weighted by atomic mass is 16.7. The summed E-state index contributed by atoms with van der Waals surface area (Å²) in [7, 11) is 3.33. The number of carbonyl (C=O) groups is 1. The number of ether oxygens (including phenoxy) is 4. The minimum atomic E-state index is -0.637. The molecule has 0 saturated carbocycles. The van der Waals surface area contributed by atoms with Crippen molar-refractivity contribution in [3.63, 3.8) is 0 Å². The molecule has 208 valence electrons. The maximum absolute atomic E-state index is 12.3. The molecule has 0 aliphatic carbocycles. The second-order valence-corrected chi connectivity index (χ2v) is 9.54. The number of rotatable bonds is 13. The van der Waals surface area contributed by atoms with Crippen molar-refractivity contribution in [2.45, 2.75) is 57.3 Å². The summed E-state index contributed by atoms with van der Waals surface area (Å²) < 4.78 is 25.7. The van der Waals surface area contributed by atoms with Crippen LogP contribution in [0.4, 0.5) is 0 Å². The molecule has 1 aliphatic heterocycles. The van der Waals surface area contributed by atoms with Gasteiger partial charge in [0.15, 0.2) is 6.23 Å². The zero-order valence-corrected chi connectivity index (χ0v) is 22.8. The Morgan fingerprint density at radius 2 is 1.28 bits per heavy atom. The van der Waals surface area contributed by atoms with Gasteiger partial charge in [0, 0.05) is 14.0 Å². The Bertz CT molecular complexity index is 1120. The van der Waals surface area contributed by atoms with Crippen molar-refractivity contribution in [1.82, 2.24) is 10.4 Å². The van der Waals surface area contributed by atoms with Crippen molar-refractivity contribution in [1.29, 1.82) is 0 Å². The molecular formula is C31H38N2O6. The lowest BCUT2D eigenvalue weighted by molar-refractivity contribution is -0.309. The molecule has 0 aromatic heterocycles. The fourth-order valence-electron chi connectivity index (χ4n) is 4.66. The van der Waals surface area contributed by atoms with E-state index in [0.717, 1.165) is 16.7 Å². The highest BCUT2D eigenvalue weighted by Crippen LogP contribution is 2.30. The predicted molar refractivity (Wildman–Crippen MR) is 147 cm³/mol. The van der Waals surface area contributed by atoms with E-state index in [-0.39, 0.29) is 12.5 Å². The van der Waals surface area contributed by atoms with Crippen molar-refractivity contribution < 1.29 is 28.6 Å². The number of nitrogens with zero attached hydrogens (tertiary/aromatic N) is 1. The number of hydroxylamine groups is 2. The molecule has 0 spiro atoms. The van der Waals surface area contributed by atoms with Gasteiger partial charge in [0.25, 0.3) is 0 Å². The Morgan fingerprint density at radius 3 is 1.77 bits per heavy atom. The maximum Gasteiger partial charge on any atom is 0.217 e. The van der Waals surface area contributed by atoms with Gasteiger partial charge in [0.1, 0.15) is 18.3 Å². The summed E-state index contributed by atoms with van der Waals surface area (Å²) in [6.45, 7) is 2.87. The third-order valence-electron chi connectivity index (χ3n) is 6.65. The number of hydrogen-bond donors (Lipinski definition) is 1. The van der Waals surface area contributed by atoms with Crippen LogP contribution in [-0.4, -0.2) is 62.3 Å². The Hall–Kier alpha value is -3.11. The first-order chi connectivity index (χ1) is 19.0. The first kappa shape index (κ1) is 28.9. The van der Waals surface area contributed by atoms with E-state index in [1.165, 1.54) is 6.92 Å². The second kappa shape index (κ2) is 14.9. The summed E-state index contributed by atoms with van der Waals surface area (Å²) in [5.41, 5.74) is 3.10. The Kier molecular flexibility index (Phi) is 11.0. The quantitative estimate of drug-likeness (QED) is 0.331. The molecular weight excluding hydrogens is 496 g/mol. The number of nitrogens with one attached hydrogen (secondary N) is 1. The minimum Gasteiger partial charge on any atom is -0.374 e. The normalized spacial score (nSPS) is 23.0. The first-order valence-corrected chi connectivity index (χ1v) is 13.2. The monoisotopic (exact) mass is 534 g/mol. The smallest absolute Gasteiger partial charge is 0.217 e. The van der Waals surface area contributed by atoms with Gasteiger partial charge in [0.05, 0.1) is 39.6 Å². The van der Waals surface area contributed by atoms with Crippen LogP contribution in [0.1, 0.15) is 23.6 Å². The lowest BCUT2D eigenvalue weighted by Crippen LogP contribution is -2.68. The summed E-state index contributed by atoms with van der Waals surface area (Å²) in [6, 6.07) is 29.3. The summed E-state index contributed by atoms with van der Waals surface area (Å²) in [5.74, 6) is -0.202. The molecule has 1 aliphatic rings. The molecule has 1 heterocycles. The Labute approximate surface area is 230 Å². The zero-order chi connectivity index (χ0) is 27.5. The lowest BCUT2D eigenvalue weighted by atomic mass is 9.94. The highest BCUT2D eigenvalue weighted by molar-refractivity contribution is 5.73.